The molecule has 0 aliphatic rings. The topological polar surface area (TPSA) is 51.4 Å². The zero-order valence-corrected chi connectivity index (χ0v) is 13.6. The van der Waals surface area contributed by atoms with E-state index < -0.39 is 10.0 Å². The van der Waals surface area contributed by atoms with Gasteiger partial charge in [0.25, 0.3) is 10.0 Å². The summed E-state index contributed by atoms with van der Waals surface area (Å²) in [6.45, 7) is 6.27. The smallest absolute Gasteiger partial charge is 0.285 e. The Morgan fingerprint density at radius 1 is 1.15 bits per heavy atom. The molecule has 2 aromatic rings. The molecular weight excluding hydrogens is 292 g/mol. The Morgan fingerprint density at radius 2 is 1.75 bits per heavy atom. The summed E-state index contributed by atoms with van der Waals surface area (Å²) in [6.07, 6.45) is 1.78. The van der Waals surface area contributed by atoms with Crippen molar-refractivity contribution in [1.82, 2.24) is 4.57 Å². The molecule has 0 radical (unpaired) electrons. The van der Waals surface area contributed by atoms with E-state index in [-0.39, 0.29) is 10.3 Å². The van der Waals surface area contributed by atoms with Gasteiger partial charge in [0.2, 0.25) is 4.80 Å². The minimum atomic E-state index is -3.65. The average molecular weight is 310 g/mol. The third-order valence-electron chi connectivity index (χ3n) is 2.98. The van der Waals surface area contributed by atoms with E-state index in [9.17, 15) is 8.42 Å². The van der Waals surface area contributed by atoms with E-state index in [1.165, 1.54) is 11.3 Å². The lowest BCUT2D eigenvalue weighted by Crippen LogP contribution is -2.14. The van der Waals surface area contributed by atoms with Gasteiger partial charge in [0.05, 0.1) is 4.90 Å². The van der Waals surface area contributed by atoms with Crippen LogP contribution >= 0.6 is 11.3 Å². The van der Waals surface area contributed by atoms with Crippen LogP contribution in [0.1, 0.15) is 26.3 Å². The molecular formula is C14H18N2O2S2. The highest BCUT2D eigenvalue weighted by molar-refractivity contribution is 7.90. The molecule has 6 heteroatoms. The van der Waals surface area contributed by atoms with E-state index in [0.717, 1.165) is 5.56 Å². The fraction of sp³-hybridized carbons (Fsp3) is 0.357. The van der Waals surface area contributed by atoms with Gasteiger partial charge in [-0.1, -0.05) is 32.9 Å². The largest absolute Gasteiger partial charge is 0.326 e. The lowest BCUT2D eigenvalue weighted by molar-refractivity contribution is 0.586. The summed E-state index contributed by atoms with van der Waals surface area (Å²) in [5, 5.41) is 1.80. The molecule has 0 bridgehead atoms. The van der Waals surface area contributed by atoms with Gasteiger partial charge >= 0.3 is 0 Å². The Labute approximate surface area is 123 Å². The maximum Gasteiger partial charge on any atom is 0.285 e. The molecule has 0 spiro atoms. The highest BCUT2D eigenvalue weighted by atomic mass is 32.2. The van der Waals surface area contributed by atoms with E-state index in [0.29, 0.717) is 4.80 Å². The molecule has 0 atom stereocenters. The van der Waals surface area contributed by atoms with Crippen molar-refractivity contribution in [2.24, 2.45) is 11.4 Å². The molecule has 1 heterocycles. The van der Waals surface area contributed by atoms with Gasteiger partial charge in [0, 0.05) is 18.6 Å². The first-order chi connectivity index (χ1) is 9.20. The van der Waals surface area contributed by atoms with Crippen LogP contribution in [0.5, 0.6) is 0 Å². The quantitative estimate of drug-likeness (QED) is 0.856. The lowest BCUT2D eigenvalue weighted by Gasteiger charge is -2.18. The highest BCUT2D eigenvalue weighted by Crippen LogP contribution is 2.23. The fourth-order valence-corrected chi connectivity index (χ4v) is 3.68. The summed E-state index contributed by atoms with van der Waals surface area (Å²) >= 11 is 1.30. The molecule has 0 amide bonds. The third-order valence-corrected chi connectivity index (χ3v) is 5.22. The number of benzene rings is 1. The van der Waals surface area contributed by atoms with E-state index in [4.69, 9.17) is 0 Å². The van der Waals surface area contributed by atoms with Crippen LogP contribution in [0.4, 0.5) is 0 Å². The van der Waals surface area contributed by atoms with E-state index >= 15 is 0 Å². The van der Waals surface area contributed by atoms with Crippen LogP contribution in [0.2, 0.25) is 0 Å². The first-order valence-electron chi connectivity index (χ1n) is 6.22. The standard InChI is InChI=1S/C14H18N2O2S2/c1-14(2,3)11-5-7-12(8-6-11)20(17,18)15-13-16(4)9-10-19-13/h5-10H,1-4H3/b15-13-. The first kappa shape index (κ1) is 15.0. The van der Waals surface area contributed by atoms with Gasteiger partial charge in [-0.3, -0.25) is 0 Å². The zero-order chi connectivity index (χ0) is 15.0. The van der Waals surface area contributed by atoms with Crippen molar-refractivity contribution in [3.63, 3.8) is 0 Å². The van der Waals surface area contributed by atoms with Crippen molar-refractivity contribution in [1.29, 1.82) is 0 Å². The molecule has 4 nitrogen and oxygen atoms in total. The van der Waals surface area contributed by atoms with Crippen molar-refractivity contribution >= 4 is 21.4 Å². The fourth-order valence-electron chi connectivity index (χ4n) is 1.70. The van der Waals surface area contributed by atoms with Crippen LogP contribution in [0.3, 0.4) is 0 Å². The van der Waals surface area contributed by atoms with Gasteiger partial charge in [0.1, 0.15) is 0 Å². The molecule has 0 fully saturated rings. The molecule has 108 valence electrons. The summed E-state index contributed by atoms with van der Waals surface area (Å²) in [6, 6.07) is 6.92. The normalized spacial score (nSPS) is 13.7. The van der Waals surface area contributed by atoms with Gasteiger partial charge in [-0.15, -0.1) is 15.7 Å². The second-order valence-corrected chi connectivity index (χ2v) is 8.11. The monoisotopic (exact) mass is 310 g/mol. The number of nitrogens with zero attached hydrogens (tertiary/aromatic N) is 2. The molecule has 20 heavy (non-hydrogen) atoms. The van der Waals surface area contributed by atoms with Crippen LogP contribution in [0, 0.1) is 0 Å². The van der Waals surface area contributed by atoms with Gasteiger partial charge in [-0.2, -0.15) is 8.42 Å². The van der Waals surface area contributed by atoms with Crippen molar-refractivity contribution in [3.8, 4) is 0 Å². The van der Waals surface area contributed by atoms with Crippen molar-refractivity contribution < 1.29 is 8.42 Å². The Kier molecular flexibility index (Phi) is 3.88. The summed E-state index contributed by atoms with van der Waals surface area (Å²) in [5.41, 5.74) is 1.10. The Morgan fingerprint density at radius 3 is 2.20 bits per heavy atom. The van der Waals surface area contributed by atoms with Crippen molar-refractivity contribution in [2.45, 2.75) is 31.1 Å². The third kappa shape index (κ3) is 3.19. The predicted octanol–water partition coefficient (Wildman–Crippen LogP) is 2.67. The molecule has 2 rings (SSSR count). The minimum absolute atomic E-state index is 0.000370. The number of aromatic nitrogens is 1. The van der Waals surface area contributed by atoms with Gasteiger partial charge in [-0.25, -0.2) is 0 Å². The number of sulfonamides is 1. The summed E-state index contributed by atoms with van der Waals surface area (Å²) in [5.74, 6) is 0. The first-order valence-corrected chi connectivity index (χ1v) is 8.54. The van der Waals surface area contributed by atoms with Crippen LogP contribution in [0.25, 0.3) is 0 Å². The molecule has 0 saturated carbocycles. The summed E-state index contributed by atoms with van der Waals surface area (Å²) in [4.78, 5) is 0.684. The molecule has 1 aromatic carbocycles. The molecule has 1 aromatic heterocycles. The highest BCUT2D eigenvalue weighted by Gasteiger charge is 2.17. The van der Waals surface area contributed by atoms with Crippen LogP contribution in [-0.4, -0.2) is 13.0 Å². The molecule has 0 saturated heterocycles. The van der Waals surface area contributed by atoms with Crippen LogP contribution in [-0.2, 0) is 22.5 Å². The zero-order valence-electron chi connectivity index (χ0n) is 12.0. The Hall–Kier alpha value is -1.40. The maximum absolute atomic E-state index is 12.2. The Bertz CT molecular complexity index is 760. The van der Waals surface area contributed by atoms with Crippen molar-refractivity contribution in [2.75, 3.05) is 0 Å². The van der Waals surface area contributed by atoms with Gasteiger partial charge in [0.15, 0.2) is 0 Å². The second-order valence-electron chi connectivity index (χ2n) is 5.64. The molecule has 0 aliphatic carbocycles. The van der Waals surface area contributed by atoms with Crippen molar-refractivity contribution in [3.05, 3.63) is 46.2 Å². The average Bonchev–Trinajstić information content (AvgIpc) is 2.73. The summed E-state index contributed by atoms with van der Waals surface area (Å²) < 4.78 is 30.0. The van der Waals surface area contributed by atoms with E-state index in [1.54, 1.807) is 35.3 Å². The Balaban J connectivity index is 2.44. The number of hydrogen-bond donors (Lipinski definition) is 0. The molecule has 0 unspecified atom stereocenters. The second kappa shape index (κ2) is 5.18. The number of hydrogen-bond acceptors (Lipinski definition) is 3. The maximum atomic E-state index is 12.2. The minimum Gasteiger partial charge on any atom is -0.326 e. The molecule has 0 aliphatic heterocycles. The lowest BCUT2D eigenvalue weighted by atomic mass is 9.87. The van der Waals surface area contributed by atoms with Crippen LogP contribution < -0.4 is 4.80 Å². The van der Waals surface area contributed by atoms with Gasteiger partial charge < -0.3 is 4.57 Å². The van der Waals surface area contributed by atoms with E-state index in [1.807, 2.05) is 12.1 Å². The molecule has 0 N–H and O–H groups in total. The predicted molar refractivity (Wildman–Crippen MR) is 81.2 cm³/mol. The number of thiazole rings is 1. The number of aryl methyl sites for hydroxylation is 1. The van der Waals surface area contributed by atoms with E-state index in [2.05, 4.69) is 25.2 Å². The SMILES string of the molecule is Cn1ccs/c1=N\S(=O)(=O)c1ccc(C(C)(C)C)cc1. The summed E-state index contributed by atoms with van der Waals surface area (Å²) in [7, 11) is -1.88. The number of rotatable bonds is 2. The van der Waals surface area contributed by atoms with Gasteiger partial charge in [-0.05, 0) is 23.1 Å². The van der Waals surface area contributed by atoms with Crippen LogP contribution in [0.15, 0.2) is 45.1 Å².